The Hall–Kier alpha value is -2.69. The van der Waals surface area contributed by atoms with Crippen LogP contribution in [0.1, 0.15) is 55.6 Å². The van der Waals surface area contributed by atoms with Gasteiger partial charge in [-0.05, 0) is 63.6 Å². The average Bonchev–Trinajstić information content (AvgIpc) is 3.14. The van der Waals surface area contributed by atoms with E-state index in [9.17, 15) is 9.59 Å². The standard InChI is InChI=1S/C24H29N3O2/c1-17(2)26-15-7-12-24(23(26)29)13-8-16-27(24)22(28)21-18(3)25-14-11-20(21)19-9-5-4-6-10-19/h4-6,9-11,14,17H,7-8,12-13,15-16H2,1-3H3. The number of amides is 2. The zero-order chi connectivity index (χ0) is 20.6. The Morgan fingerprint density at radius 3 is 2.45 bits per heavy atom. The number of nitrogens with zero attached hydrogens (tertiary/aromatic N) is 3. The van der Waals surface area contributed by atoms with Gasteiger partial charge in [0.15, 0.2) is 0 Å². The number of piperidine rings is 1. The molecule has 2 aliphatic heterocycles. The van der Waals surface area contributed by atoms with Crippen molar-refractivity contribution in [3.05, 3.63) is 53.9 Å². The zero-order valence-electron chi connectivity index (χ0n) is 17.5. The Bertz CT molecular complexity index is 925. The van der Waals surface area contributed by atoms with E-state index in [1.165, 1.54) is 0 Å². The molecule has 0 aliphatic carbocycles. The molecule has 1 aromatic heterocycles. The number of carbonyl (C=O) groups is 2. The summed E-state index contributed by atoms with van der Waals surface area (Å²) in [6.07, 6.45) is 5.05. The Balaban J connectivity index is 1.76. The minimum atomic E-state index is -0.699. The van der Waals surface area contributed by atoms with Crippen molar-refractivity contribution in [2.24, 2.45) is 0 Å². The molecule has 1 unspecified atom stereocenters. The summed E-state index contributed by atoms with van der Waals surface area (Å²) in [6, 6.07) is 12.0. The molecule has 5 nitrogen and oxygen atoms in total. The number of benzene rings is 1. The molecule has 2 aromatic rings. The summed E-state index contributed by atoms with van der Waals surface area (Å²) in [7, 11) is 0. The van der Waals surface area contributed by atoms with E-state index in [0.29, 0.717) is 17.8 Å². The molecule has 0 N–H and O–H groups in total. The van der Waals surface area contributed by atoms with Crippen LogP contribution in [-0.2, 0) is 4.79 Å². The maximum atomic E-state index is 13.9. The zero-order valence-corrected chi connectivity index (χ0v) is 17.5. The van der Waals surface area contributed by atoms with Gasteiger partial charge in [-0.1, -0.05) is 30.3 Å². The van der Waals surface area contributed by atoms with Crippen molar-refractivity contribution in [1.29, 1.82) is 0 Å². The summed E-state index contributed by atoms with van der Waals surface area (Å²) in [4.78, 5) is 35.6. The van der Waals surface area contributed by atoms with Crippen LogP contribution >= 0.6 is 0 Å². The Morgan fingerprint density at radius 1 is 1.07 bits per heavy atom. The Morgan fingerprint density at radius 2 is 1.76 bits per heavy atom. The van der Waals surface area contributed by atoms with Crippen LogP contribution in [0.25, 0.3) is 11.1 Å². The molecule has 152 valence electrons. The van der Waals surface area contributed by atoms with E-state index in [1.807, 2.05) is 53.1 Å². The topological polar surface area (TPSA) is 53.5 Å². The molecule has 29 heavy (non-hydrogen) atoms. The SMILES string of the molecule is Cc1nccc(-c2ccccc2)c1C(=O)N1CCCC12CCCN(C(C)C)C2=O. The number of likely N-dealkylation sites (tertiary alicyclic amines) is 2. The van der Waals surface area contributed by atoms with Gasteiger partial charge in [-0.25, -0.2) is 0 Å². The first-order valence-corrected chi connectivity index (χ1v) is 10.6. The lowest BCUT2D eigenvalue weighted by atomic mass is 9.84. The van der Waals surface area contributed by atoms with Gasteiger partial charge in [0, 0.05) is 25.3 Å². The molecule has 1 aromatic carbocycles. The fourth-order valence-electron chi connectivity index (χ4n) is 5.00. The third-order valence-corrected chi connectivity index (χ3v) is 6.44. The van der Waals surface area contributed by atoms with E-state index in [2.05, 4.69) is 18.8 Å². The molecule has 3 heterocycles. The van der Waals surface area contributed by atoms with Gasteiger partial charge in [-0.2, -0.15) is 0 Å². The third-order valence-electron chi connectivity index (χ3n) is 6.44. The van der Waals surface area contributed by atoms with E-state index in [-0.39, 0.29) is 17.9 Å². The molecule has 0 bridgehead atoms. The summed E-state index contributed by atoms with van der Waals surface area (Å²) in [6.45, 7) is 7.39. The molecular formula is C24H29N3O2. The van der Waals surface area contributed by atoms with Crippen molar-refractivity contribution in [2.75, 3.05) is 13.1 Å². The molecule has 0 radical (unpaired) electrons. The van der Waals surface area contributed by atoms with E-state index >= 15 is 0 Å². The lowest BCUT2D eigenvalue weighted by Crippen LogP contribution is -2.62. The van der Waals surface area contributed by atoms with Crippen molar-refractivity contribution in [3.63, 3.8) is 0 Å². The lowest BCUT2D eigenvalue weighted by molar-refractivity contribution is -0.147. The predicted octanol–water partition coefficient (Wildman–Crippen LogP) is 4.06. The number of pyridine rings is 1. The highest BCUT2D eigenvalue weighted by molar-refractivity contribution is 6.05. The first-order chi connectivity index (χ1) is 14.0. The Labute approximate surface area is 172 Å². The monoisotopic (exact) mass is 391 g/mol. The maximum absolute atomic E-state index is 13.9. The molecular weight excluding hydrogens is 362 g/mol. The van der Waals surface area contributed by atoms with Crippen LogP contribution in [0, 0.1) is 6.92 Å². The third kappa shape index (κ3) is 3.22. The molecule has 1 atom stereocenters. The summed E-state index contributed by atoms with van der Waals surface area (Å²) in [5.74, 6) is 0.0540. The minimum absolute atomic E-state index is 0.0640. The van der Waals surface area contributed by atoms with Gasteiger partial charge in [0.05, 0.1) is 11.3 Å². The van der Waals surface area contributed by atoms with Crippen molar-refractivity contribution in [3.8, 4) is 11.1 Å². The predicted molar refractivity (Wildman–Crippen MR) is 113 cm³/mol. The first kappa shape index (κ1) is 19.6. The van der Waals surface area contributed by atoms with Gasteiger partial charge in [0.25, 0.3) is 5.91 Å². The number of aryl methyl sites for hydroxylation is 1. The number of rotatable bonds is 3. The molecule has 2 amide bonds. The maximum Gasteiger partial charge on any atom is 0.257 e. The van der Waals surface area contributed by atoms with E-state index in [0.717, 1.165) is 43.4 Å². The molecule has 2 aliphatic rings. The second-order valence-corrected chi connectivity index (χ2v) is 8.47. The molecule has 5 heteroatoms. The van der Waals surface area contributed by atoms with E-state index in [1.54, 1.807) is 6.20 Å². The Kier molecular flexibility index (Phi) is 5.15. The highest BCUT2D eigenvalue weighted by Crippen LogP contribution is 2.40. The van der Waals surface area contributed by atoms with Gasteiger partial charge in [0.2, 0.25) is 5.91 Å². The molecule has 2 fully saturated rings. The second-order valence-electron chi connectivity index (χ2n) is 8.47. The smallest absolute Gasteiger partial charge is 0.257 e. The van der Waals surface area contributed by atoms with Crippen molar-refractivity contribution >= 4 is 11.8 Å². The normalized spacial score (nSPS) is 22.0. The summed E-state index contributed by atoms with van der Waals surface area (Å²) < 4.78 is 0. The highest BCUT2D eigenvalue weighted by Gasteiger charge is 2.53. The van der Waals surface area contributed by atoms with Crippen LogP contribution in [0.2, 0.25) is 0 Å². The van der Waals surface area contributed by atoms with Crippen LogP contribution in [0.4, 0.5) is 0 Å². The highest BCUT2D eigenvalue weighted by atomic mass is 16.2. The van der Waals surface area contributed by atoms with E-state index < -0.39 is 5.54 Å². The quantitative estimate of drug-likeness (QED) is 0.793. The summed E-state index contributed by atoms with van der Waals surface area (Å²) in [5.41, 5.74) is 2.51. The van der Waals surface area contributed by atoms with Crippen LogP contribution in [-0.4, -0.2) is 51.3 Å². The first-order valence-electron chi connectivity index (χ1n) is 10.6. The summed E-state index contributed by atoms with van der Waals surface area (Å²) >= 11 is 0. The summed E-state index contributed by atoms with van der Waals surface area (Å²) in [5, 5.41) is 0. The lowest BCUT2D eigenvalue weighted by Gasteiger charge is -2.46. The number of aromatic nitrogens is 1. The van der Waals surface area contributed by atoms with Crippen molar-refractivity contribution in [1.82, 2.24) is 14.8 Å². The van der Waals surface area contributed by atoms with Crippen molar-refractivity contribution < 1.29 is 9.59 Å². The van der Waals surface area contributed by atoms with Crippen molar-refractivity contribution in [2.45, 2.75) is 58.0 Å². The van der Waals surface area contributed by atoms with Crippen LogP contribution in [0.15, 0.2) is 42.6 Å². The number of hydrogen-bond acceptors (Lipinski definition) is 3. The fraction of sp³-hybridized carbons (Fsp3) is 0.458. The molecule has 2 saturated heterocycles. The number of carbonyl (C=O) groups excluding carboxylic acids is 2. The molecule has 0 saturated carbocycles. The van der Waals surface area contributed by atoms with E-state index in [4.69, 9.17) is 0 Å². The van der Waals surface area contributed by atoms with Gasteiger partial charge in [0.1, 0.15) is 5.54 Å². The van der Waals surface area contributed by atoms with Gasteiger partial charge < -0.3 is 9.80 Å². The second kappa shape index (κ2) is 7.62. The van der Waals surface area contributed by atoms with Crippen LogP contribution in [0.3, 0.4) is 0 Å². The van der Waals surface area contributed by atoms with Gasteiger partial charge >= 0.3 is 0 Å². The fourth-order valence-corrected chi connectivity index (χ4v) is 5.00. The van der Waals surface area contributed by atoms with Gasteiger partial charge in [-0.15, -0.1) is 0 Å². The van der Waals surface area contributed by atoms with Gasteiger partial charge in [-0.3, -0.25) is 14.6 Å². The van der Waals surface area contributed by atoms with Crippen LogP contribution < -0.4 is 0 Å². The average molecular weight is 392 g/mol. The largest absolute Gasteiger partial charge is 0.338 e. The minimum Gasteiger partial charge on any atom is -0.338 e. The molecule has 1 spiro atoms. The molecule has 4 rings (SSSR count). The van der Waals surface area contributed by atoms with Crippen LogP contribution in [0.5, 0.6) is 0 Å². The number of hydrogen-bond donors (Lipinski definition) is 0.